The Bertz CT molecular complexity index is 932. The van der Waals surface area contributed by atoms with Crippen LogP contribution in [0.2, 0.25) is 0 Å². The number of carbonyl (C=O) groups excluding carboxylic acids is 2. The van der Waals surface area contributed by atoms with Crippen LogP contribution in [0.3, 0.4) is 0 Å². The zero-order chi connectivity index (χ0) is 21.3. The lowest BCUT2D eigenvalue weighted by Crippen LogP contribution is -2.51. The summed E-state index contributed by atoms with van der Waals surface area (Å²) < 4.78 is 79.9. The molecule has 0 unspecified atom stereocenters. The molecule has 1 saturated heterocycles. The van der Waals surface area contributed by atoms with Gasteiger partial charge in [0.2, 0.25) is 0 Å². The first-order chi connectivity index (χ1) is 13.6. The third-order valence-corrected chi connectivity index (χ3v) is 4.55. The molecular formula is C19H14F6N2O2. The summed E-state index contributed by atoms with van der Waals surface area (Å²) in [5, 5.41) is 0. The fraction of sp³-hybridized carbons (Fsp3) is 0.263. The van der Waals surface area contributed by atoms with Crippen molar-refractivity contribution < 1.29 is 35.9 Å². The molecule has 0 bridgehead atoms. The van der Waals surface area contributed by atoms with Crippen LogP contribution >= 0.6 is 0 Å². The van der Waals surface area contributed by atoms with Crippen LogP contribution < -0.4 is 0 Å². The Kier molecular flexibility index (Phi) is 5.54. The molecule has 1 aliphatic rings. The van der Waals surface area contributed by atoms with E-state index in [0.717, 1.165) is 28.0 Å². The van der Waals surface area contributed by atoms with E-state index in [1.54, 1.807) is 0 Å². The highest BCUT2D eigenvalue weighted by Crippen LogP contribution is 2.30. The normalized spacial score (nSPS) is 14.8. The van der Waals surface area contributed by atoms with E-state index in [4.69, 9.17) is 0 Å². The fourth-order valence-corrected chi connectivity index (χ4v) is 3.01. The molecule has 1 aliphatic heterocycles. The second-order valence-corrected chi connectivity index (χ2v) is 6.37. The quantitative estimate of drug-likeness (QED) is 0.701. The molecule has 0 radical (unpaired) electrons. The largest absolute Gasteiger partial charge is 0.416 e. The first kappa shape index (κ1) is 20.7. The molecule has 10 heteroatoms. The summed E-state index contributed by atoms with van der Waals surface area (Å²) in [5.74, 6) is -5.02. The summed E-state index contributed by atoms with van der Waals surface area (Å²) in [6, 6.07) is 4.52. The van der Waals surface area contributed by atoms with Gasteiger partial charge < -0.3 is 9.80 Å². The van der Waals surface area contributed by atoms with Gasteiger partial charge in [0.1, 0.15) is 23.0 Å². The van der Waals surface area contributed by atoms with Crippen LogP contribution in [0.4, 0.5) is 26.3 Å². The lowest BCUT2D eigenvalue weighted by atomic mass is 10.1. The van der Waals surface area contributed by atoms with Crippen molar-refractivity contribution in [2.45, 2.75) is 6.18 Å². The summed E-state index contributed by atoms with van der Waals surface area (Å²) >= 11 is 0. The molecule has 4 nitrogen and oxygen atoms in total. The Morgan fingerprint density at radius 2 is 1.28 bits per heavy atom. The van der Waals surface area contributed by atoms with Gasteiger partial charge in [-0.15, -0.1) is 0 Å². The third kappa shape index (κ3) is 4.20. The molecular weight excluding hydrogens is 402 g/mol. The molecule has 0 spiro atoms. The van der Waals surface area contributed by atoms with Crippen LogP contribution in [0.5, 0.6) is 0 Å². The van der Waals surface area contributed by atoms with Gasteiger partial charge in [-0.1, -0.05) is 6.07 Å². The number of nitrogens with zero attached hydrogens (tertiary/aromatic N) is 2. The Hall–Kier alpha value is -3.04. The number of halogens is 6. The molecule has 1 fully saturated rings. The molecule has 2 aromatic rings. The molecule has 154 valence electrons. The number of benzene rings is 2. The Labute approximate surface area is 161 Å². The van der Waals surface area contributed by atoms with Crippen molar-refractivity contribution in [2.24, 2.45) is 0 Å². The summed E-state index contributed by atoms with van der Waals surface area (Å²) in [5.41, 5.74) is -2.62. The number of hydrogen-bond acceptors (Lipinski definition) is 2. The van der Waals surface area contributed by atoms with Crippen LogP contribution in [0.15, 0.2) is 36.4 Å². The van der Waals surface area contributed by atoms with Crippen molar-refractivity contribution in [3.8, 4) is 0 Å². The van der Waals surface area contributed by atoms with E-state index >= 15 is 0 Å². The summed E-state index contributed by atoms with van der Waals surface area (Å²) in [6.07, 6.45) is -4.74. The Morgan fingerprint density at radius 1 is 0.759 bits per heavy atom. The minimum atomic E-state index is -4.74. The molecule has 2 aromatic carbocycles. The zero-order valence-corrected chi connectivity index (χ0v) is 14.8. The SMILES string of the molecule is O=C(c1cc(C(F)(F)F)ccc1F)N1CCN(C(=O)c2c(F)cccc2F)CC1. The molecule has 0 aromatic heterocycles. The summed E-state index contributed by atoms with van der Waals surface area (Å²) in [6.45, 7) is -0.482. The number of hydrogen-bond donors (Lipinski definition) is 0. The minimum Gasteiger partial charge on any atom is -0.335 e. The molecule has 0 N–H and O–H groups in total. The van der Waals surface area contributed by atoms with Gasteiger partial charge in [0.05, 0.1) is 11.1 Å². The smallest absolute Gasteiger partial charge is 0.335 e. The van der Waals surface area contributed by atoms with Gasteiger partial charge in [0.25, 0.3) is 11.8 Å². The van der Waals surface area contributed by atoms with Gasteiger partial charge in [-0.25, -0.2) is 13.2 Å². The van der Waals surface area contributed by atoms with E-state index < -0.39 is 52.1 Å². The Balaban J connectivity index is 1.73. The average Bonchev–Trinajstić information content (AvgIpc) is 2.67. The van der Waals surface area contributed by atoms with Crippen molar-refractivity contribution in [3.05, 3.63) is 70.5 Å². The van der Waals surface area contributed by atoms with Crippen LogP contribution in [-0.2, 0) is 6.18 Å². The highest BCUT2D eigenvalue weighted by molar-refractivity contribution is 5.96. The van der Waals surface area contributed by atoms with E-state index in [1.807, 2.05) is 0 Å². The summed E-state index contributed by atoms with van der Waals surface area (Å²) in [7, 11) is 0. The number of amides is 2. The van der Waals surface area contributed by atoms with Crippen molar-refractivity contribution in [1.29, 1.82) is 0 Å². The van der Waals surface area contributed by atoms with E-state index in [1.165, 1.54) is 0 Å². The van der Waals surface area contributed by atoms with Gasteiger partial charge in [-0.05, 0) is 30.3 Å². The van der Waals surface area contributed by atoms with E-state index in [-0.39, 0.29) is 26.2 Å². The predicted molar refractivity (Wildman–Crippen MR) is 89.6 cm³/mol. The van der Waals surface area contributed by atoms with Crippen LogP contribution in [-0.4, -0.2) is 47.8 Å². The molecule has 0 atom stereocenters. The highest BCUT2D eigenvalue weighted by Gasteiger charge is 2.34. The zero-order valence-electron chi connectivity index (χ0n) is 14.8. The lowest BCUT2D eigenvalue weighted by molar-refractivity contribution is -0.137. The molecule has 29 heavy (non-hydrogen) atoms. The standard InChI is InChI=1S/C19H14F6N2O2/c20-13-5-4-11(19(23,24)25)10-12(13)17(28)26-6-8-27(9-7-26)18(29)16-14(21)2-1-3-15(16)22/h1-5,10H,6-9H2. The highest BCUT2D eigenvalue weighted by atomic mass is 19.4. The van der Waals surface area contributed by atoms with Crippen molar-refractivity contribution in [3.63, 3.8) is 0 Å². The molecule has 1 heterocycles. The van der Waals surface area contributed by atoms with Crippen LogP contribution in [0.25, 0.3) is 0 Å². The maximum Gasteiger partial charge on any atom is 0.416 e. The van der Waals surface area contributed by atoms with E-state index in [9.17, 15) is 35.9 Å². The third-order valence-electron chi connectivity index (χ3n) is 4.55. The van der Waals surface area contributed by atoms with Crippen LogP contribution in [0.1, 0.15) is 26.3 Å². The maximum absolute atomic E-state index is 13.9. The lowest BCUT2D eigenvalue weighted by Gasteiger charge is -2.35. The first-order valence-electron chi connectivity index (χ1n) is 8.49. The second kappa shape index (κ2) is 7.76. The van der Waals surface area contributed by atoms with Crippen molar-refractivity contribution in [1.82, 2.24) is 9.80 Å². The fourth-order valence-electron chi connectivity index (χ4n) is 3.01. The monoisotopic (exact) mass is 416 g/mol. The molecule has 2 amide bonds. The Morgan fingerprint density at radius 3 is 1.79 bits per heavy atom. The number of rotatable bonds is 2. The molecule has 3 rings (SSSR count). The van der Waals surface area contributed by atoms with Gasteiger partial charge in [-0.2, -0.15) is 13.2 Å². The van der Waals surface area contributed by atoms with E-state index in [2.05, 4.69) is 0 Å². The van der Waals surface area contributed by atoms with Crippen molar-refractivity contribution >= 4 is 11.8 Å². The minimum absolute atomic E-state index is 0.112. The summed E-state index contributed by atoms with van der Waals surface area (Å²) in [4.78, 5) is 27.0. The van der Waals surface area contributed by atoms with Gasteiger partial charge in [0.15, 0.2) is 0 Å². The van der Waals surface area contributed by atoms with Crippen LogP contribution in [0, 0.1) is 17.5 Å². The first-order valence-corrected chi connectivity index (χ1v) is 8.49. The van der Waals surface area contributed by atoms with Gasteiger partial charge in [-0.3, -0.25) is 9.59 Å². The maximum atomic E-state index is 13.9. The average molecular weight is 416 g/mol. The van der Waals surface area contributed by atoms with Gasteiger partial charge >= 0.3 is 6.18 Å². The number of carbonyl (C=O) groups is 2. The predicted octanol–water partition coefficient (Wildman–Crippen LogP) is 3.72. The van der Waals surface area contributed by atoms with E-state index in [0.29, 0.717) is 18.2 Å². The van der Waals surface area contributed by atoms with Gasteiger partial charge in [0, 0.05) is 26.2 Å². The number of piperazine rings is 1. The molecule has 0 saturated carbocycles. The topological polar surface area (TPSA) is 40.6 Å². The molecule has 0 aliphatic carbocycles. The van der Waals surface area contributed by atoms with Crippen molar-refractivity contribution in [2.75, 3.05) is 26.2 Å². The number of alkyl halides is 3. The second-order valence-electron chi connectivity index (χ2n) is 6.37.